The maximum atomic E-state index is 12.6. The number of aromatic nitrogens is 4. The SMILES string of the molecule is Cn1nc(CCCN2C(=O)c3ccccc3C2=O)c2ccc(-c3cc(Cl)nc(N4CCOCC4)n3)cc21. The summed E-state index contributed by atoms with van der Waals surface area (Å²) >= 11 is 6.36. The van der Waals surface area contributed by atoms with Gasteiger partial charge < -0.3 is 9.64 Å². The van der Waals surface area contributed by atoms with Crippen molar-refractivity contribution in [1.82, 2.24) is 24.6 Å². The number of fused-ring (bicyclic) bond motifs is 2. The van der Waals surface area contributed by atoms with Crippen molar-refractivity contribution in [2.45, 2.75) is 12.8 Å². The third kappa shape index (κ3) is 4.34. The second kappa shape index (κ2) is 9.57. The van der Waals surface area contributed by atoms with Gasteiger partial charge in [0.25, 0.3) is 11.8 Å². The van der Waals surface area contributed by atoms with Crippen molar-refractivity contribution < 1.29 is 14.3 Å². The summed E-state index contributed by atoms with van der Waals surface area (Å²) in [5.74, 6) is 0.150. The van der Waals surface area contributed by atoms with Crippen LogP contribution in [-0.2, 0) is 18.2 Å². The normalized spacial score (nSPS) is 15.6. The molecule has 10 heteroatoms. The number of ether oxygens (including phenoxy) is 1. The molecule has 2 aromatic carbocycles. The van der Waals surface area contributed by atoms with E-state index in [1.807, 2.05) is 23.9 Å². The quantitative estimate of drug-likeness (QED) is 0.284. The number of halogens is 1. The summed E-state index contributed by atoms with van der Waals surface area (Å²) in [4.78, 5) is 37.9. The standard InChI is InChI=1S/C27H25ClN6O3/c1-32-23-15-17(22-16-24(28)30-27(29-22)33-11-13-37-14-12-33)8-9-20(23)21(31-32)7-4-10-34-25(35)18-5-2-3-6-19(18)26(34)36/h2-3,5-6,8-9,15-16H,4,7,10-14H2,1H3. The molecule has 2 aromatic heterocycles. The fraction of sp³-hybridized carbons (Fsp3) is 0.296. The minimum Gasteiger partial charge on any atom is -0.378 e. The van der Waals surface area contributed by atoms with Crippen LogP contribution in [0.3, 0.4) is 0 Å². The van der Waals surface area contributed by atoms with Crippen molar-refractivity contribution in [1.29, 1.82) is 0 Å². The summed E-state index contributed by atoms with van der Waals surface area (Å²) in [5.41, 5.74) is 4.52. The Bertz CT molecular complexity index is 1490. The minimum atomic E-state index is -0.226. The van der Waals surface area contributed by atoms with E-state index < -0.39 is 0 Å². The zero-order valence-electron chi connectivity index (χ0n) is 20.4. The number of amides is 2. The Kier molecular flexibility index (Phi) is 6.10. The zero-order chi connectivity index (χ0) is 25.5. The molecule has 0 bridgehead atoms. The Morgan fingerprint density at radius 3 is 2.43 bits per heavy atom. The summed E-state index contributed by atoms with van der Waals surface area (Å²) in [6.07, 6.45) is 1.27. The first-order valence-corrected chi connectivity index (χ1v) is 12.7. The van der Waals surface area contributed by atoms with Crippen molar-refractivity contribution in [3.8, 4) is 11.3 Å². The van der Waals surface area contributed by atoms with Crippen LogP contribution in [0.2, 0.25) is 5.15 Å². The van der Waals surface area contributed by atoms with Crippen LogP contribution in [0.4, 0.5) is 5.95 Å². The van der Waals surface area contributed by atoms with Crippen molar-refractivity contribution in [3.05, 3.63) is 70.5 Å². The van der Waals surface area contributed by atoms with Gasteiger partial charge in [-0.25, -0.2) is 9.97 Å². The van der Waals surface area contributed by atoms with Crippen molar-refractivity contribution in [2.24, 2.45) is 7.05 Å². The number of benzene rings is 2. The molecular weight excluding hydrogens is 492 g/mol. The fourth-order valence-electron chi connectivity index (χ4n) is 4.98. The van der Waals surface area contributed by atoms with E-state index in [0.717, 1.165) is 40.9 Å². The van der Waals surface area contributed by atoms with Gasteiger partial charge in [0.1, 0.15) is 5.15 Å². The van der Waals surface area contributed by atoms with Crippen LogP contribution in [0.1, 0.15) is 32.8 Å². The Morgan fingerprint density at radius 1 is 0.973 bits per heavy atom. The molecule has 0 spiro atoms. The number of aryl methyl sites for hydroxylation is 2. The molecule has 0 aliphatic carbocycles. The van der Waals surface area contributed by atoms with E-state index in [9.17, 15) is 9.59 Å². The summed E-state index contributed by atoms with van der Waals surface area (Å²) < 4.78 is 7.29. The molecule has 1 fully saturated rings. The summed E-state index contributed by atoms with van der Waals surface area (Å²) in [6.45, 7) is 3.09. The number of hydrogen-bond donors (Lipinski definition) is 0. The molecule has 188 valence electrons. The van der Waals surface area contributed by atoms with E-state index in [-0.39, 0.29) is 11.8 Å². The Hall–Kier alpha value is -3.82. The third-order valence-corrected chi connectivity index (χ3v) is 7.07. The highest BCUT2D eigenvalue weighted by Crippen LogP contribution is 2.29. The van der Waals surface area contributed by atoms with Crippen molar-refractivity contribution in [3.63, 3.8) is 0 Å². The van der Waals surface area contributed by atoms with Crippen LogP contribution < -0.4 is 4.90 Å². The van der Waals surface area contributed by atoms with E-state index in [2.05, 4.69) is 16.0 Å². The van der Waals surface area contributed by atoms with E-state index >= 15 is 0 Å². The van der Waals surface area contributed by atoms with Gasteiger partial charge in [0.2, 0.25) is 5.95 Å². The Balaban J connectivity index is 1.20. The van der Waals surface area contributed by atoms with E-state index in [1.165, 1.54) is 4.90 Å². The van der Waals surface area contributed by atoms with E-state index in [4.69, 9.17) is 26.4 Å². The lowest BCUT2D eigenvalue weighted by Crippen LogP contribution is -2.37. The first kappa shape index (κ1) is 23.6. The highest BCUT2D eigenvalue weighted by molar-refractivity contribution is 6.29. The average molecular weight is 517 g/mol. The Morgan fingerprint density at radius 2 is 1.70 bits per heavy atom. The van der Waals surface area contributed by atoms with Crippen LogP contribution in [0.25, 0.3) is 22.2 Å². The highest BCUT2D eigenvalue weighted by Gasteiger charge is 2.34. The molecule has 9 nitrogen and oxygen atoms in total. The molecule has 4 aromatic rings. The van der Waals surface area contributed by atoms with Gasteiger partial charge in [-0.15, -0.1) is 0 Å². The molecule has 6 rings (SSSR count). The Labute approximate surface area is 218 Å². The van der Waals surface area contributed by atoms with Gasteiger partial charge in [-0.2, -0.15) is 5.10 Å². The number of anilines is 1. The number of morpholine rings is 1. The monoisotopic (exact) mass is 516 g/mol. The van der Waals surface area contributed by atoms with Gasteiger partial charge in [-0.3, -0.25) is 19.2 Å². The second-order valence-corrected chi connectivity index (χ2v) is 9.58. The minimum absolute atomic E-state index is 0.226. The summed E-state index contributed by atoms with van der Waals surface area (Å²) in [5, 5.41) is 6.15. The van der Waals surface area contributed by atoms with Crippen LogP contribution in [0.5, 0.6) is 0 Å². The number of hydrogen-bond acceptors (Lipinski definition) is 7. The predicted molar refractivity (Wildman–Crippen MR) is 140 cm³/mol. The first-order chi connectivity index (χ1) is 18.0. The molecule has 0 saturated carbocycles. The lowest BCUT2D eigenvalue weighted by atomic mass is 10.1. The zero-order valence-corrected chi connectivity index (χ0v) is 21.1. The predicted octanol–water partition coefficient (Wildman–Crippen LogP) is 3.75. The van der Waals surface area contributed by atoms with Gasteiger partial charge in [-0.1, -0.05) is 35.9 Å². The molecule has 4 heterocycles. The average Bonchev–Trinajstić information content (AvgIpc) is 3.37. The molecule has 37 heavy (non-hydrogen) atoms. The van der Waals surface area contributed by atoms with Gasteiger partial charge in [0.15, 0.2) is 0 Å². The first-order valence-electron chi connectivity index (χ1n) is 12.3. The van der Waals surface area contributed by atoms with Gasteiger partial charge in [0, 0.05) is 43.7 Å². The second-order valence-electron chi connectivity index (χ2n) is 9.19. The number of carbonyl (C=O) groups is 2. The molecular formula is C27H25ClN6O3. The molecule has 0 unspecified atom stereocenters. The fourth-order valence-corrected chi connectivity index (χ4v) is 5.16. The van der Waals surface area contributed by atoms with E-state index in [1.54, 1.807) is 30.3 Å². The lowest BCUT2D eigenvalue weighted by molar-refractivity contribution is 0.0652. The lowest BCUT2D eigenvalue weighted by Gasteiger charge is -2.27. The molecule has 2 aliphatic heterocycles. The highest BCUT2D eigenvalue weighted by atomic mass is 35.5. The number of imide groups is 1. The molecule has 0 atom stereocenters. The smallest absolute Gasteiger partial charge is 0.261 e. The molecule has 2 amide bonds. The summed E-state index contributed by atoms with van der Waals surface area (Å²) in [7, 11) is 1.91. The molecule has 0 radical (unpaired) electrons. The molecule has 1 saturated heterocycles. The topological polar surface area (TPSA) is 93.5 Å². The van der Waals surface area contributed by atoms with Crippen molar-refractivity contribution >= 4 is 40.3 Å². The van der Waals surface area contributed by atoms with E-state index in [0.29, 0.717) is 54.8 Å². The largest absolute Gasteiger partial charge is 0.378 e. The number of carbonyl (C=O) groups excluding carboxylic acids is 2. The van der Waals surface area contributed by atoms with Crippen LogP contribution in [0, 0.1) is 0 Å². The van der Waals surface area contributed by atoms with Crippen LogP contribution >= 0.6 is 11.6 Å². The molecule has 0 N–H and O–H groups in total. The number of nitrogens with zero attached hydrogens (tertiary/aromatic N) is 6. The number of rotatable bonds is 6. The van der Waals surface area contributed by atoms with Crippen LogP contribution in [-0.4, -0.2) is 69.3 Å². The van der Waals surface area contributed by atoms with Gasteiger partial charge in [-0.05, 0) is 31.0 Å². The third-order valence-electron chi connectivity index (χ3n) is 6.87. The molecule has 2 aliphatic rings. The van der Waals surface area contributed by atoms with Gasteiger partial charge >= 0.3 is 0 Å². The van der Waals surface area contributed by atoms with Crippen molar-refractivity contribution in [2.75, 3.05) is 37.7 Å². The maximum Gasteiger partial charge on any atom is 0.261 e. The maximum absolute atomic E-state index is 12.6. The summed E-state index contributed by atoms with van der Waals surface area (Å²) in [6, 6.07) is 14.8. The van der Waals surface area contributed by atoms with Gasteiger partial charge in [0.05, 0.1) is 41.2 Å². The van der Waals surface area contributed by atoms with Crippen LogP contribution in [0.15, 0.2) is 48.5 Å².